The van der Waals surface area contributed by atoms with E-state index in [0.717, 1.165) is 62.2 Å². The number of likely N-dealkylation sites (tertiary alicyclic amines) is 1. The minimum Gasteiger partial charge on any atom is -0.493 e. The van der Waals surface area contributed by atoms with Crippen molar-refractivity contribution >= 4 is 28.9 Å². The summed E-state index contributed by atoms with van der Waals surface area (Å²) in [6, 6.07) is 13.1. The molecular weight excluding hydrogens is 483 g/mol. The van der Waals surface area contributed by atoms with E-state index in [9.17, 15) is 5.11 Å². The average molecular weight is 522 g/mol. The maximum Gasteiger partial charge on any atom is 0.120 e. The Kier molecular flexibility index (Phi) is 11.7. The van der Waals surface area contributed by atoms with Gasteiger partial charge in [0.2, 0.25) is 0 Å². The van der Waals surface area contributed by atoms with E-state index in [0.29, 0.717) is 28.3 Å². The molecule has 0 saturated carbocycles. The van der Waals surface area contributed by atoms with Crippen LogP contribution in [0.2, 0.25) is 10.0 Å². The number of hydrogen-bond acceptors (Lipinski definition) is 5. The topological polar surface area (TPSA) is 54.3 Å². The van der Waals surface area contributed by atoms with Crippen molar-refractivity contribution in [3.05, 3.63) is 63.6 Å². The van der Waals surface area contributed by atoms with E-state index in [2.05, 4.69) is 17.0 Å². The summed E-state index contributed by atoms with van der Waals surface area (Å²) in [5, 5.41) is 15.7. The summed E-state index contributed by atoms with van der Waals surface area (Å²) in [5.41, 5.74) is 2.27. The van der Waals surface area contributed by atoms with Crippen molar-refractivity contribution in [1.82, 2.24) is 4.90 Å². The molecule has 7 heteroatoms. The Morgan fingerprint density at radius 3 is 2.49 bits per heavy atom. The van der Waals surface area contributed by atoms with E-state index in [1.807, 2.05) is 42.5 Å². The fraction of sp³-hybridized carbons (Fsp3) is 0.536. The molecule has 192 valence electrons. The lowest BCUT2D eigenvalue weighted by atomic mass is 9.97. The molecule has 1 fully saturated rings. The third kappa shape index (κ3) is 8.98. The van der Waals surface area contributed by atoms with Gasteiger partial charge in [-0.2, -0.15) is 0 Å². The first-order valence-corrected chi connectivity index (χ1v) is 13.5. The first-order chi connectivity index (χ1) is 17.0. The number of piperidine rings is 1. The highest BCUT2D eigenvalue weighted by atomic mass is 35.5. The Hall–Kier alpha value is -1.79. The summed E-state index contributed by atoms with van der Waals surface area (Å²) in [7, 11) is 1.51. The van der Waals surface area contributed by atoms with Crippen LogP contribution in [0.4, 0.5) is 0 Å². The van der Waals surface area contributed by atoms with Gasteiger partial charge in [-0.05, 0) is 68.6 Å². The average Bonchev–Trinajstić information content (AvgIpc) is 2.86. The molecule has 0 bridgehead atoms. The van der Waals surface area contributed by atoms with Crippen molar-refractivity contribution in [2.24, 2.45) is 11.1 Å². The van der Waals surface area contributed by atoms with E-state index in [1.165, 1.54) is 26.4 Å². The highest BCUT2D eigenvalue weighted by molar-refractivity contribution is 6.35. The molecule has 35 heavy (non-hydrogen) atoms. The summed E-state index contributed by atoms with van der Waals surface area (Å²) < 4.78 is 6.09. The summed E-state index contributed by atoms with van der Waals surface area (Å²) in [6.07, 6.45) is 7.70. The number of aliphatic hydroxyl groups excluding tert-OH is 1. The number of hydrogen-bond donors (Lipinski definition) is 1. The second kappa shape index (κ2) is 14.7. The van der Waals surface area contributed by atoms with Crippen molar-refractivity contribution in [2.75, 3.05) is 33.4 Å². The molecule has 0 radical (unpaired) electrons. The van der Waals surface area contributed by atoms with Crippen LogP contribution in [0.1, 0.15) is 63.0 Å². The Balaban J connectivity index is 1.47. The zero-order valence-corrected chi connectivity index (χ0v) is 22.4. The Morgan fingerprint density at radius 1 is 1.09 bits per heavy atom. The molecule has 0 spiro atoms. The highest BCUT2D eigenvalue weighted by Crippen LogP contribution is 2.27. The van der Waals surface area contributed by atoms with Gasteiger partial charge in [0, 0.05) is 22.7 Å². The zero-order valence-electron chi connectivity index (χ0n) is 20.9. The quantitative estimate of drug-likeness (QED) is 0.179. The van der Waals surface area contributed by atoms with E-state index in [4.69, 9.17) is 32.8 Å². The van der Waals surface area contributed by atoms with Gasteiger partial charge in [-0.25, -0.2) is 0 Å². The molecule has 1 saturated heterocycles. The van der Waals surface area contributed by atoms with Gasteiger partial charge < -0.3 is 19.6 Å². The Labute approximate surface area is 220 Å². The number of rotatable bonds is 13. The normalized spacial score (nSPS) is 16.3. The monoisotopic (exact) mass is 520 g/mol. The Morgan fingerprint density at radius 2 is 1.83 bits per heavy atom. The maximum atomic E-state index is 10.3. The molecular formula is C28H38Cl2N2O3. The zero-order chi connectivity index (χ0) is 25.0. The SMILES string of the molecule is CCCCCC[C@@H](O)CN1CCC(COc2ccc(/C(=N/OC)c3ccc(Cl)cc3)c(Cl)c2)CC1. The molecule has 0 aliphatic carbocycles. The first kappa shape index (κ1) is 27.8. The van der Waals surface area contributed by atoms with Crippen LogP contribution in [0.3, 0.4) is 0 Å². The van der Waals surface area contributed by atoms with Gasteiger partial charge >= 0.3 is 0 Å². The fourth-order valence-electron chi connectivity index (χ4n) is 4.48. The van der Waals surface area contributed by atoms with E-state index in [1.54, 1.807) is 0 Å². The summed E-state index contributed by atoms with van der Waals surface area (Å²) >= 11 is 12.6. The minimum absolute atomic E-state index is 0.209. The van der Waals surface area contributed by atoms with Crippen molar-refractivity contribution < 1.29 is 14.7 Å². The number of oxime groups is 1. The smallest absolute Gasteiger partial charge is 0.120 e. The fourth-order valence-corrected chi connectivity index (χ4v) is 4.87. The van der Waals surface area contributed by atoms with Crippen LogP contribution in [0.15, 0.2) is 47.6 Å². The lowest BCUT2D eigenvalue weighted by Crippen LogP contribution is -2.40. The molecule has 0 amide bonds. The summed E-state index contributed by atoms with van der Waals surface area (Å²) in [4.78, 5) is 7.45. The van der Waals surface area contributed by atoms with Gasteiger partial charge in [0.1, 0.15) is 18.6 Å². The van der Waals surface area contributed by atoms with E-state index < -0.39 is 0 Å². The van der Waals surface area contributed by atoms with Gasteiger partial charge in [-0.1, -0.05) is 73.1 Å². The number of benzene rings is 2. The lowest BCUT2D eigenvalue weighted by Gasteiger charge is -2.33. The molecule has 2 aromatic rings. The number of unbranched alkanes of at least 4 members (excludes halogenated alkanes) is 3. The van der Waals surface area contributed by atoms with Gasteiger partial charge in [0.15, 0.2) is 0 Å². The Bertz CT molecular complexity index is 928. The van der Waals surface area contributed by atoms with Crippen molar-refractivity contribution in [3.8, 4) is 5.75 Å². The molecule has 0 unspecified atom stereocenters. The lowest BCUT2D eigenvalue weighted by molar-refractivity contribution is 0.0735. The number of ether oxygens (including phenoxy) is 1. The van der Waals surface area contributed by atoms with Crippen LogP contribution < -0.4 is 4.74 Å². The van der Waals surface area contributed by atoms with Crippen molar-refractivity contribution in [1.29, 1.82) is 0 Å². The molecule has 0 aromatic heterocycles. The minimum atomic E-state index is -0.209. The highest BCUT2D eigenvalue weighted by Gasteiger charge is 2.22. The first-order valence-electron chi connectivity index (χ1n) is 12.7. The molecule has 1 aliphatic rings. The number of halogens is 2. The van der Waals surface area contributed by atoms with Crippen LogP contribution in [0.25, 0.3) is 0 Å². The van der Waals surface area contributed by atoms with Gasteiger partial charge in [0.05, 0.1) is 17.7 Å². The molecule has 1 atom stereocenters. The molecule has 1 N–H and O–H groups in total. The molecule has 2 aromatic carbocycles. The number of β-amino-alcohol motifs (C(OH)–C–C–N with tert-alkyl or cyclic N) is 1. The molecule has 3 rings (SSSR count). The predicted octanol–water partition coefficient (Wildman–Crippen LogP) is 6.81. The van der Waals surface area contributed by atoms with Crippen LogP contribution in [-0.4, -0.2) is 55.2 Å². The van der Waals surface area contributed by atoms with Crippen LogP contribution >= 0.6 is 23.2 Å². The second-order valence-corrected chi connectivity index (χ2v) is 10.2. The molecule has 1 heterocycles. The standard InChI is InChI=1S/C28H38Cl2N2O3/c1-3-4-5-6-7-24(33)19-32-16-14-21(15-17-32)20-35-25-12-13-26(27(30)18-25)28(31-34-2)22-8-10-23(29)11-9-22/h8-13,18,21,24,33H,3-7,14-17,19-20H2,1-2H3/b31-28+/t24-/m1/s1. The molecule has 5 nitrogen and oxygen atoms in total. The second-order valence-electron chi connectivity index (χ2n) is 9.33. The third-order valence-corrected chi connectivity index (χ3v) is 7.11. The third-order valence-electron chi connectivity index (χ3n) is 6.55. The largest absolute Gasteiger partial charge is 0.493 e. The predicted molar refractivity (Wildman–Crippen MR) is 145 cm³/mol. The van der Waals surface area contributed by atoms with Gasteiger partial charge in [-0.15, -0.1) is 0 Å². The van der Waals surface area contributed by atoms with Gasteiger partial charge in [-0.3, -0.25) is 0 Å². The van der Waals surface area contributed by atoms with E-state index in [-0.39, 0.29) is 6.10 Å². The van der Waals surface area contributed by atoms with Crippen LogP contribution in [0, 0.1) is 5.92 Å². The van der Waals surface area contributed by atoms with Gasteiger partial charge in [0.25, 0.3) is 0 Å². The van der Waals surface area contributed by atoms with E-state index >= 15 is 0 Å². The van der Waals surface area contributed by atoms with Crippen LogP contribution in [0.5, 0.6) is 5.75 Å². The number of nitrogens with zero attached hydrogens (tertiary/aromatic N) is 2. The summed E-state index contributed by atoms with van der Waals surface area (Å²) in [6.45, 7) is 5.69. The van der Waals surface area contributed by atoms with Crippen molar-refractivity contribution in [2.45, 2.75) is 58.0 Å². The maximum absolute atomic E-state index is 10.3. The van der Waals surface area contributed by atoms with Crippen molar-refractivity contribution in [3.63, 3.8) is 0 Å². The summed E-state index contributed by atoms with van der Waals surface area (Å²) in [5.74, 6) is 1.25. The number of aliphatic hydroxyl groups is 1. The van der Waals surface area contributed by atoms with Crippen LogP contribution in [-0.2, 0) is 4.84 Å². The molecule has 1 aliphatic heterocycles.